The standard InChI is InChI=1S/C16H27NO/c1-13-6-7-14(2)15(10-13)11-17-12-16(3,4)8-9-18-5/h6-7,10,17H,8-9,11-12H2,1-5H3. The van der Waals surface area contributed by atoms with Gasteiger partial charge in [0.15, 0.2) is 0 Å². The Hall–Kier alpha value is -0.860. The first-order valence-corrected chi connectivity index (χ1v) is 6.70. The molecular formula is C16H27NO. The minimum Gasteiger partial charge on any atom is -0.385 e. The number of benzene rings is 1. The van der Waals surface area contributed by atoms with Crippen molar-refractivity contribution in [2.24, 2.45) is 5.41 Å². The van der Waals surface area contributed by atoms with E-state index in [2.05, 4.69) is 51.2 Å². The van der Waals surface area contributed by atoms with Crippen LogP contribution in [0.25, 0.3) is 0 Å². The van der Waals surface area contributed by atoms with Crippen molar-refractivity contribution >= 4 is 0 Å². The molecular weight excluding hydrogens is 222 g/mol. The van der Waals surface area contributed by atoms with Crippen molar-refractivity contribution in [3.8, 4) is 0 Å². The Kier molecular flexibility index (Phi) is 5.83. The predicted molar refractivity (Wildman–Crippen MR) is 77.9 cm³/mol. The maximum Gasteiger partial charge on any atom is 0.0467 e. The zero-order valence-electron chi connectivity index (χ0n) is 12.5. The van der Waals surface area contributed by atoms with E-state index in [1.165, 1.54) is 16.7 Å². The normalized spacial score (nSPS) is 11.8. The Bertz CT molecular complexity index is 371. The first-order chi connectivity index (χ1) is 8.44. The van der Waals surface area contributed by atoms with Gasteiger partial charge < -0.3 is 10.1 Å². The lowest BCUT2D eigenvalue weighted by atomic mass is 9.89. The zero-order valence-corrected chi connectivity index (χ0v) is 12.5. The van der Waals surface area contributed by atoms with Gasteiger partial charge in [0.1, 0.15) is 0 Å². The average Bonchev–Trinajstić information content (AvgIpc) is 2.31. The summed E-state index contributed by atoms with van der Waals surface area (Å²) in [7, 11) is 1.76. The summed E-state index contributed by atoms with van der Waals surface area (Å²) in [5.74, 6) is 0. The molecule has 1 aromatic carbocycles. The van der Waals surface area contributed by atoms with Gasteiger partial charge in [0.25, 0.3) is 0 Å². The van der Waals surface area contributed by atoms with Gasteiger partial charge in [-0.05, 0) is 36.8 Å². The Morgan fingerprint density at radius 3 is 2.61 bits per heavy atom. The fraction of sp³-hybridized carbons (Fsp3) is 0.625. The molecule has 0 saturated heterocycles. The third-order valence-electron chi connectivity index (χ3n) is 3.41. The number of methoxy groups -OCH3 is 1. The van der Waals surface area contributed by atoms with E-state index in [9.17, 15) is 0 Å². The summed E-state index contributed by atoms with van der Waals surface area (Å²) in [4.78, 5) is 0. The highest BCUT2D eigenvalue weighted by Crippen LogP contribution is 2.19. The summed E-state index contributed by atoms with van der Waals surface area (Å²) in [5, 5.41) is 3.56. The highest BCUT2D eigenvalue weighted by molar-refractivity contribution is 5.30. The molecule has 0 heterocycles. The van der Waals surface area contributed by atoms with Gasteiger partial charge in [0, 0.05) is 26.8 Å². The molecule has 0 unspecified atom stereocenters. The second kappa shape index (κ2) is 6.91. The van der Waals surface area contributed by atoms with Crippen LogP contribution in [0.5, 0.6) is 0 Å². The third-order valence-corrected chi connectivity index (χ3v) is 3.41. The first-order valence-electron chi connectivity index (χ1n) is 6.70. The molecule has 0 aliphatic rings. The van der Waals surface area contributed by atoms with Gasteiger partial charge in [-0.15, -0.1) is 0 Å². The van der Waals surface area contributed by atoms with Crippen molar-refractivity contribution in [3.63, 3.8) is 0 Å². The Labute approximate surface area is 112 Å². The molecule has 0 fully saturated rings. The highest BCUT2D eigenvalue weighted by atomic mass is 16.5. The maximum absolute atomic E-state index is 5.15. The van der Waals surface area contributed by atoms with Crippen LogP contribution >= 0.6 is 0 Å². The summed E-state index contributed by atoms with van der Waals surface area (Å²) < 4.78 is 5.15. The number of nitrogens with one attached hydrogen (secondary N) is 1. The van der Waals surface area contributed by atoms with Crippen LogP contribution in [0.3, 0.4) is 0 Å². The molecule has 0 aromatic heterocycles. The van der Waals surface area contributed by atoms with Crippen molar-refractivity contribution in [2.45, 2.75) is 40.7 Å². The number of hydrogen-bond acceptors (Lipinski definition) is 2. The molecule has 2 heteroatoms. The highest BCUT2D eigenvalue weighted by Gasteiger charge is 2.16. The van der Waals surface area contributed by atoms with E-state index in [0.29, 0.717) is 0 Å². The smallest absolute Gasteiger partial charge is 0.0467 e. The van der Waals surface area contributed by atoms with Crippen LogP contribution in [0.4, 0.5) is 0 Å². The molecule has 0 atom stereocenters. The number of ether oxygens (including phenoxy) is 1. The van der Waals surface area contributed by atoms with Crippen molar-refractivity contribution in [3.05, 3.63) is 34.9 Å². The van der Waals surface area contributed by atoms with Crippen LogP contribution in [0.15, 0.2) is 18.2 Å². The van der Waals surface area contributed by atoms with E-state index < -0.39 is 0 Å². The van der Waals surface area contributed by atoms with Gasteiger partial charge in [-0.1, -0.05) is 37.6 Å². The number of hydrogen-bond donors (Lipinski definition) is 1. The molecule has 1 rings (SSSR count). The summed E-state index contributed by atoms with van der Waals surface area (Å²) in [5.41, 5.74) is 4.38. The van der Waals surface area contributed by atoms with Gasteiger partial charge in [-0.3, -0.25) is 0 Å². The molecule has 0 saturated carbocycles. The minimum absolute atomic E-state index is 0.285. The monoisotopic (exact) mass is 249 g/mol. The summed E-state index contributed by atoms with van der Waals surface area (Å²) in [6.07, 6.45) is 1.09. The van der Waals surface area contributed by atoms with Crippen LogP contribution < -0.4 is 5.32 Å². The first kappa shape index (κ1) is 15.2. The van der Waals surface area contributed by atoms with Gasteiger partial charge in [0.05, 0.1) is 0 Å². The molecule has 1 aromatic rings. The van der Waals surface area contributed by atoms with Gasteiger partial charge in [0.2, 0.25) is 0 Å². The van der Waals surface area contributed by atoms with Gasteiger partial charge in [-0.25, -0.2) is 0 Å². The predicted octanol–water partition coefficient (Wildman–Crippen LogP) is 3.46. The molecule has 18 heavy (non-hydrogen) atoms. The Morgan fingerprint density at radius 2 is 1.94 bits per heavy atom. The van der Waals surface area contributed by atoms with Gasteiger partial charge >= 0.3 is 0 Å². The van der Waals surface area contributed by atoms with E-state index in [0.717, 1.165) is 26.1 Å². The third kappa shape index (κ3) is 5.19. The van der Waals surface area contributed by atoms with Crippen molar-refractivity contribution in [2.75, 3.05) is 20.3 Å². The van der Waals surface area contributed by atoms with Crippen LogP contribution in [-0.2, 0) is 11.3 Å². The van der Waals surface area contributed by atoms with Crippen LogP contribution in [-0.4, -0.2) is 20.3 Å². The van der Waals surface area contributed by atoms with E-state index in [1.807, 2.05) is 0 Å². The van der Waals surface area contributed by atoms with E-state index in [1.54, 1.807) is 7.11 Å². The lowest BCUT2D eigenvalue weighted by molar-refractivity contribution is 0.150. The topological polar surface area (TPSA) is 21.3 Å². The largest absolute Gasteiger partial charge is 0.385 e. The molecule has 0 spiro atoms. The van der Waals surface area contributed by atoms with E-state index >= 15 is 0 Å². The number of rotatable bonds is 7. The Balaban J connectivity index is 2.43. The fourth-order valence-electron chi connectivity index (χ4n) is 1.99. The lowest BCUT2D eigenvalue weighted by Crippen LogP contribution is -2.30. The molecule has 0 aliphatic carbocycles. The second-order valence-electron chi connectivity index (χ2n) is 5.94. The fourth-order valence-corrected chi connectivity index (χ4v) is 1.99. The molecule has 0 aliphatic heterocycles. The SMILES string of the molecule is COCCC(C)(C)CNCc1cc(C)ccc1C. The lowest BCUT2D eigenvalue weighted by Gasteiger charge is -2.25. The van der Waals surface area contributed by atoms with E-state index in [-0.39, 0.29) is 5.41 Å². The molecule has 1 N–H and O–H groups in total. The molecule has 0 radical (unpaired) electrons. The second-order valence-corrected chi connectivity index (χ2v) is 5.94. The summed E-state index contributed by atoms with van der Waals surface area (Å²) >= 11 is 0. The number of aryl methyl sites for hydroxylation is 2. The van der Waals surface area contributed by atoms with Crippen molar-refractivity contribution < 1.29 is 4.74 Å². The van der Waals surface area contributed by atoms with E-state index in [4.69, 9.17) is 4.74 Å². The summed E-state index contributed by atoms with van der Waals surface area (Å²) in [6, 6.07) is 6.63. The van der Waals surface area contributed by atoms with Crippen LogP contribution in [0.1, 0.15) is 37.0 Å². The molecule has 102 valence electrons. The Morgan fingerprint density at radius 1 is 1.22 bits per heavy atom. The summed E-state index contributed by atoms with van der Waals surface area (Å²) in [6.45, 7) is 11.7. The van der Waals surface area contributed by atoms with Crippen LogP contribution in [0.2, 0.25) is 0 Å². The average molecular weight is 249 g/mol. The van der Waals surface area contributed by atoms with Crippen molar-refractivity contribution in [1.82, 2.24) is 5.32 Å². The van der Waals surface area contributed by atoms with Gasteiger partial charge in [-0.2, -0.15) is 0 Å². The minimum atomic E-state index is 0.285. The zero-order chi connectivity index (χ0) is 13.6. The molecule has 0 bridgehead atoms. The molecule has 2 nitrogen and oxygen atoms in total. The molecule has 0 amide bonds. The van der Waals surface area contributed by atoms with Crippen molar-refractivity contribution in [1.29, 1.82) is 0 Å². The quantitative estimate of drug-likeness (QED) is 0.799. The maximum atomic E-state index is 5.15. The van der Waals surface area contributed by atoms with Crippen LogP contribution in [0, 0.1) is 19.3 Å².